The number of rotatable bonds is 5. The van der Waals surface area contributed by atoms with E-state index in [-0.39, 0.29) is 5.92 Å². The van der Waals surface area contributed by atoms with Gasteiger partial charge >= 0.3 is 0 Å². The Hall–Kier alpha value is -0.330. The van der Waals surface area contributed by atoms with Crippen LogP contribution in [0.4, 0.5) is 0 Å². The number of ketones is 1. The molecule has 76 valence electrons. The first-order valence-electron chi connectivity index (χ1n) is 5.56. The van der Waals surface area contributed by atoms with Gasteiger partial charge in [-0.2, -0.15) is 0 Å². The van der Waals surface area contributed by atoms with Crippen LogP contribution in [0.2, 0.25) is 0 Å². The van der Waals surface area contributed by atoms with Crippen molar-refractivity contribution >= 4 is 5.78 Å². The monoisotopic (exact) mass is 182 g/mol. The second-order valence-corrected chi connectivity index (χ2v) is 5.09. The fourth-order valence-corrected chi connectivity index (χ4v) is 1.86. The number of carbonyl (C=O) groups excluding carboxylic acids is 1. The van der Waals surface area contributed by atoms with Crippen molar-refractivity contribution in [2.24, 2.45) is 23.7 Å². The maximum atomic E-state index is 11.8. The summed E-state index contributed by atoms with van der Waals surface area (Å²) < 4.78 is 0. The van der Waals surface area contributed by atoms with Gasteiger partial charge in [-0.1, -0.05) is 40.5 Å². The molecule has 1 saturated carbocycles. The van der Waals surface area contributed by atoms with E-state index in [0.29, 0.717) is 17.6 Å². The van der Waals surface area contributed by atoms with Gasteiger partial charge in [0, 0.05) is 11.8 Å². The van der Waals surface area contributed by atoms with Crippen molar-refractivity contribution in [1.82, 2.24) is 0 Å². The molecule has 1 aliphatic rings. The third-order valence-corrected chi connectivity index (χ3v) is 3.02. The highest BCUT2D eigenvalue weighted by atomic mass is 16.1. The first-order chi connectivity index (χ1) is 6.02. The molecular formula is C12H22O. The zero-order valence-corrected chi connectivity index (χ0v) is 9.34. The van der Waals surface area contributed by atoms with E-state index in [1.165, 1.54) is 12.8 Å². The van der Waals surface area contributed by atoms with Gasteiger partial charge in [-0.15, -0.1) is 0 Å². The van der Waals surface area contributed by atoms with Crippen LogP contribution < -0.4 is 0 Å². The molecule has 13 heavy (non-hydrogen) atoms. The molecule has 0 aromatic carbocycles. The Balaban J connectivity index is 2.49. The maximum absolute atomic E-state index is 11.8. The molecule has 0 aliphatic heterocycles. The van der Waals surface area contributed by atoms with Gasteiger partial charge in [0.1, 0.15) is 5.78 Å². The molecule has 0 bridgehead atoms. The molecule has 1 heteroatoms. The van der Waals surface area contributed by atoms with Gasteiger partial charge in [-0.25, -0.2) is 0 Å². The van der Waals surface area contributed by atoms with Crippen molar-refractivity contribution in [2.75, 3.05) is 0 Å². The molecular weight excluding hydrogens is 160 g/mol. The molecule has 1 nitrogen and oxygen atoms in total. The van der Waals surface area contributed by atoms with Gasteiger partial charge in [0.2, 0.25) is 0 Å². The fraction of sp³-hybridized carbons (Fsp3) is 0.917. The van der Waals surface area contributed by atoms with Crippen LogP contribution >= 0.6 is 0 Å². The van der Waals surface area contributed by atoms with Crippen molar-refractivity contribution < 1.29 is 4.79 Å². The number of Topliss-reactive ketones (excluding diaryl/α,β-unsaturated/α-hetero) is 1. The molecule has 0 aromatic heterocycles. The minimum absolute atomic E-state index is 0.214. The van der Waals surface area contributed by atoms with Crippen LogP contribution in [-0.4, -0.2) is 5.78 Å². The number of hydrogen-bond acceptors (Lipinski definition) is 1. The SMILES string of the molecule is CC(C)C(=O)C(CC1CC1)C(C)C. The molecule has 0 saturated heterocycles. The van der Waals surface area contributed by atoms with Gasteiger partial charge in [-0.3, -0.25) is 4.79 Å². The molecule has 0 amide bonds. The van der Waals surface area contributed by atoms with Crippen LogP contribution in [0.1, 0.15) is 47.0 Å². The third kappa shape index (κ3) is 3.13. The zero-order valence-electron chi connectivity index (χ0n) is 9.34. The van der Waals surface area contributed by atoms with Gasteiger partial charge in [-0.05, 0) is 18.3 Å². The van der Waals surface area contributed by atoms with Crippen LogP contribution in [0.3, 0.4) is 0 Å². The predicted octanol–water partition coefficient (Wildman–Crippen LogP) is 3.28. The molecule has 0 aromatic rings. The van der Waals surface area contributed by atoms with E-state index in [1.54, 1.807) is 0 Å². The van der Waals surface area contributed by atoms with Crippen molar-refractivity contribution in [3.05, 3.63) is 0 Å². The van der Waals surface area contributed by atoms with Crippen molar-refractivity contribution in [2.45, 2.75) is 47.0 Å². The quantitative estimate of drug-likeness (QED) is 0.637. The summed E-state index contributed by atoms with van der Waals surface area (Å²) in [5.41, 5.74) is 0. The lowest BCUT2D eigenvalue weighted by Crippen LogP contribution is -2.25. The van der Waals surface area contributed by atoms with Crippen LogP contribution in [0.25, 0.3) is 0 Å². The van der Waals surface area contributed by atoms with E-state index in [1.807, 2.05) is 13.8 Å². The zero-order chi connectivity index (χ0) is 10.0. The van der Waals surface area contributed by atoms with Crippen molar-refractivity contribution in [1.29, 1.82) is 0 Å². The van der Waals surface area contributed by atoms with Crippen LogP contribution in [0.5, 0.6) is 0 Å². The minimum atomic E-state index is 0.214. The minimum Gasteiger partial charge on any atom is -0.299 e. The molecule has 1 atom stereocenters. The Morgan fingerprint density at radius 1 is 1.23 bits per heavy atom. The molecule has 0 spiro atoms. The Kier molecular flexibility index (Phi) is 3.52. The van der Waals surface area contributed by atoms with E-state index < -0.39 is 0 Å². The molecule has 0 radical (unpaired) electrons. The normalized spacial score (nSPS) is 19.5. The van der Waals surface area contributed by atoms with Gasteiger partial charge in [0.25, 0.3) is 0 Å². The molecule has 1 unspecified atom stereocenters. The third-order valence-electron chi connectivity index (χ3n) is 3.02. The second kappa shape index (κ2) is 4.26. The molecule has 1 fully saturated rings. The Labute approximate surface area is 81.9 Å². The summed E-state index contributed by atoms with van der Waals surface area (Å²) in [5, 5.41) is 0. The fourth-order valence-electron chi connectivity index (χ4n) is 1.86. The van der Waals surface area contributed by atoms with E-state index in [9.17, 15) is 4.79 Å². The van der Waals surface area contributed by atoms with E-state index in [4.69, 9.17) is 0 Å². The lowest BCUT2D eigenvalue weighted by Gasteiger charge is -2.21. The van der Waals surface area contributed by atoms with Crippen LogP contribution in [-0.2, 0) is 4.79 Å². The largest absolute Gasteiger partial charge is 0.299 e. The summed E-state index contributed by atoms with van der Waals surface area (Å²) in [6, 6.07) is 0. The lowest BCUT2D eigenvalue weighted by atomic mass is 9.82. The highest BCUT2D eigenvalue weighted by molar-refractivity contribution is 5.83. The average molecular weight is 182 g/mol. The highest BCUT2D eigenvalue weighted by Gasteiger charge is 2.31. The van der Waals surface area contributed by atoms with Crippen molar-refractivity contribution in [3.8, 4) is 0 Å². The summed E-state index contributed by atoms with van der Waals surface area (Å²) in [6.07, 6.45) is 3.86. The molecule has 0 heterocycles. The van der Waals surface area contributed by atoms with Gasteiger partial charge < -0.3 is 0 Å². The summed E-state index contributed by atoms with van der Waals surface area (Å²) in [7, 11) is 0. The van der Waals surface area contributed by atoms with Crippen LogP contribution in [0, 0.1) is 23.7 Å². The molecule has 0 N–H and O–H groups in total. The molecule has 1 rings (SSSR count). The Morgan fingerprint density at radius 3 is 2.08 bits per heavy atom. The molecule has 1 aliphatic carbocycles. The Morgan fingerprint density at radius 2 is 1.77 bits per heavy atom. The number of hydrogen-bond donors (Lipinski definition) is 0. The smallest absolute Gasteiger partial charge is 0.138 e. The first kappa shape index (κ1) is 10.7. The highest BCUT2D eigenvalue weighted by Crippen LogP contribution is 2.38. The topological polar surface area (TPSA) is 17.1 Å². The number of carbonyl (C=O) groups is 1. The van der Waals surface area contributed by atoms with E-state index in [2.05, 4.69) is 13.8 Å². The van der Waals surface area contributed by atoms with Gasteiger partial charge in [0.15, 0.2) is 0 Å². The van der Waals surface area contributed by atoms with Gasteiger partial charge in [0.05, 0.1) is 0 Å². The van der Waals surface area contributed by atoms with Crippen molar-refractivity contribution in [3.63, 3.8) is 0 Å². The summed E-state index contributed by atoms with van der Waals surface area (Å²) in [4.78, 5) is 11.8. The summed E-state index contributed by atoms with van der Waals surface area (Å²) in [6.45, 7) is 8.38. The van der Waals surface area contributed by atoms with Crippen LogP contribution in [0.15, 0.2) is 0 Å². The first-order valence-corrected chi connectivity index (χ1v) is 5.56. The maximum Gasteiger partial charge on any atom is 0.138 e. The summed E-state index contributed by atoms with van der Waals surface area (Å²) >= 11 is 0. The average Bonchev–Trinajstić information content (AvgIpc) is 2.81. The van der Waals surface area contributed by atoms with E-state index >= 15 is 0 Å². The van der Waals surface area contributed by atoms with E-state index in [0.717, 1.165) is 12.3 Å². The predicted molar refractivity (Wildman–Crippen MR) is 55.5 cm³/mol. The summed E-state index contributed by atoms with van der Waals surface area (Å²) in [5.74, 6) is 2.41. The Bertz CT molecular complexity index is 178. The second-order valence-electron chi connectivity index (χ2n) is 5.09. The lowest BCUT2D eigenvalue weighted by molar-refractivity contribution is -0.127. The standard InChI is InChI=1S/C12H22O/c1-8(2)11(7-10-5-6-10)12(13)9(3)4/h8-11H,5-7H2,1-4H3.